The fourth-order valence-electron chi connectivity index (χ4n) is 2.51. The summed E-state index contributed by atoms with van der Waals surface area (Å²) in [6.45, 7) is 6.20. The largest absolute Gasteiger partial charge is 0.494 e. The molecule has 0 saturated carbocycles. The molecular weight excluding hydrogens is 310 g/mol. The van der Waals surface area contributed by atoms with Gasteiger partial charge in [-0.25, -0.2) is 4.79 Å². The zero-order valence-corrected chi connectivity index (χ0v) is 14.3. The first-order valence-electron chi connectivity index (χ1n) is 8.07. The molecule has 0 aromatic heterocycles. The maximum absolute atomic E-state index is 12.2. The van der Waals surface area contributed by atoms with Gasteiger partial charge in [0.2, 0.25) is 5.91 Å². The fourth-order valence-corrected chi connectivity index (χ4v) is 2.51. The number of aliphatic hydroxyl groups is 1. The van der Waals surface area contributed by atoms with Gasteiger partial charge in [0.25, 0.3) is 0 Å². The zero-order chi connectivity index (χ0) is 17.7. The van der Waals surface area contributed by atoms with Crippen LogP contribution in [0.5, 0.6) is 5.75 Å². The summed E-state index contributed by atoms with van der Waals surface area (Å²) in [5.74, 6) is 0.721. The number of nitrogens with zero attached hydrogens (tertiary/aromatic N) is 1. The molecule has 0 aliphatic carbocycles. The van der Waals surface area contributed by atoms with Gasteiger partial charge in [-0.1, -0.05) is 0 Å². The molecule has 1 heterocycles. The van der Waals surface area contributed by atoms with Crippen LogP contribution < -0.4 is 20.3 Å². The molecule has 3 N–H and O–H groups in total. The molecule has 7 heteroatoms. The van der Waals surface area contributed by atoms with E-state index in [9.17, 15) is 14.7 Å². The Morgan fingerprint density at radius 2 is 2.04 bits per heavy atom. The summed E-state index contributed by atoms with van der Waals surface area (Å²) in [6, 6.07) is 6.66. The summed E-state index contributed by atoms with van der Waals surface area (Å²) >= 11 is 0. The van der Waals surface area contributed by atoms with Crippen LogP contribution in [-0.2, 0) is 4.79 Å². The van der Waals surface area contributed by atoms with Gasteiger partial charge >= 0.3 is 6.03 Å². The highest BCUT2D eigenvalue weighted by molar-refractivity contribution is 5.96. The van der Waals surface area contributed by atoms with Crippen LogP contribution in [-0.4, -0.2) is 48.4 Å². The molecule has 1 aromatic carbocycles. The molecule has 1 aromatic rings. The van der Waals surface area contributed by atoms with E-state index >= 15 is 0 Å². The van der Waals surface area contributed by atoms with Crippen molar-refractivity contribution < 1.29 is 19.4 Å². The molecule has 1 fully saturated rings. The summed E-state index contributed by atoms with van der Waals surface area (Å²) in [5.41, 5.74) is 0.0745. The van der Waals surface area contributed by atoms with Crippen molar-refractivity contribution in [1.82, 2.24) is 10.6 Å². The zero-order valence-electron chi connectivity index (χ0n) is 14.3. The second-order valence-corrected chi connectivity index (χ2v) is 6.47. The Morgan fingerprint density at radius 1 is 1.38 bits per heavy atom. The monoisotopic (exact) mass is 335 g/mol. The molecule has 132 valence electrons. The second-order valence-electron chi connectivity index (χ2n) is 6.47. The average Bonchev–Trinajstić information content (AvgIpc) is 2.88. The van der Waals surface area contributed by atoms with Gasteiger partial charge in [0.1, 0.15) is 5.75 Å². The van der Waals surface area contributed by atoms with Crippen LogP contribution in [0.15, 0.2) is 24.3 Å². The topological polar surface area (TPSA) is 90.9 Å². The van der Waals surface area contributed by atoms with Crippen molar-refractivity contribution in [2.45, 2.75) is 38.8 Å². The molecular formula is C17H25N3O4. The van der Waals surface area contributed by atoms with E-state index in [2.05, 4.69) is 10.6 Å². The SMILES string of the molecule is CCOc1ccc(N2C[C@H](NC(=O)NC(C)(C)CO)CC2=O)cc1. The van der Waals surface area contributed by atoms with Gasteiger partial charge in [-0.15, -0.1) is 0 Å². The molecule has 1 atom stereocenters. The number of benzene rings is 1. The van der Waals surface area contributed by atoms with Crippen molar-refractivity contribution in [2.75, 3.05) is 24.7 Å². The highest BCUT2D eigenvalue weighted by Crippen LogP contribution is 2.24. The van der Waals surface area contributed by atoms with Crippen LogP contribution >= 0.6 is 0 Å². The molecule has 1 saturated heterocycles. The molecule has 0 bridgehead atoms. The maximum Gasteiger partial charge on any atom is 0.315 e. The van der Waals surface area contributed by atoms with E-state index < -0.39 is 5.54 Å². The predicted octanol–water partition coefficient (Wildman–Crippen LogP) is 1.26. The van der Waals surface area contributed by atoms with Crippen molar-refractivity contribution in [2.24, 2.45) is 0 Å². The quantitative estimate of drug-likeness (QED) is 0.730. The van der Waals surface area contributed by atoms with Gasteiger partial charge in [-0.3, -0.25) is 4.79 Å². The molecule has 0 unspecified atom stereocenters. The Bertz CT molecular complexity index is 586. The number of rotatable bonds is 6. The number of aliphatic hydroxyl groups excluding tert-OH is 1. The van der Waals surface area contributed by atoms with Gasteiger partial charge in [0.05, 0.1) is 24.8 Å². The van der Waals surface area contributed by atoms with Crippen LogP contribution in [0, 0.1) is 0 Å². The van der Waals surface area contributed by atoms with E-state index in [0.717, 1.165) is 11.4 Å². The molecule has 1 aliphatic rings. The van der Waals surface area contributed by atoms with E-state index in [0.29, 0.717) is 13.2 Å². The lowest BCUT2D eigenvalue weighted by atomic mass is 10.1. The van der Waals surface area contributed by atoms with Crippen LogP contribution in [0.25, 0.3) is 0 Å². The molecule has 3 amide bonds. The molecule has 24 heavy (non-hydrogen) atoms. The Balaban J connectivity index is 1.94. The van der Waals surface area contributed by atoms with Gasteiger partial charge in [-0.05, 0) is 45.0 Å². The summed E-state index contributed by atoms with van der Waals surface area (Å²) < 4.78 is 5.39. The Kier molecular flexibility index (Phi) is 5.66. The van der Waals surface area contributed by atoms with Crippen molar-refractivity contribution in [3.05, 3.63) is 24.3 Å². The van der Waals surface area contributed by atoms with E-state index in [1.54, 1.807) is 18.7 Å². The highest BCUT2D eigenvalue weighted by atomic mass is 16.5. The molecule has 1 aliphatic heterocycles. The summed E-state index contributed by atoms with van der Waals surface area (Å²) in [6.07, 6.45) is 0.250. The fraction of sp³-hybridized carbons (Fsp3) is 0.529. The van der Waals surface area contributed by atoms with E-state index in [1.165, 1.54) is 0 Å². The highest BCUT2D eigenvalue weighted by Gasteiger charge is 2.32. The first-order valence-corrected chi connectivity index (χ1v) is 8.07. The number of urea groups is 1. The second kappa shape index (κ2) is 7.53. The third-order valence-electron chi connectivity index (χ3n) is 3.77. The number of amides is 3. The minimum atomic E-state index is -0.707. The van der Waals surface area contributed by atoms with E-state index in [4.69, 9.17) is 4.74 Å². The number of carbonyl (C=O) groups is 2. The lowest BCUT2D eigenvalue weighted by Gasteiger charge is -2.25. The lowest BCUT2D eigenvalue weighted by Crippen LogP contribution is -2.53. The van der Waals surface area contributed by atoms with Gasteiger partial charge in [0.15, 0.2) is 0 Å². The lowest BCUT2D eigenvalue weighted by molar-refractivity contribution is -0.117. The number of anilines is 1. The average molecular weight is 335 g/mol. The molecule has 0 spiro atoms. The normalized spacial score (nSPS) is 17.8. The number of hydrogen-bond acceptors (Lipinski definition) is 4. The number of ether oxygens (including phenoxy) is 1. The van der Waals surface area contributed by atoms with Gasteiger partial charge in [-0.2, -0.15) is 0 Å². The summed E-state index contributed by atoms with van der Waals surface area (Å²) in [4.78, 5) is 25.8. The van der Waals surface area contributed by atoms with Crippen molar-refractivity contribution >= 4 is 17.6 Å². The third-order valence-corrected chi connectivity index (χ3v) is 3.77. The smallest absolute Gasteiger partial charge is 0.315 e. The predicted molar refractivity (Wildman–Crippen MR) is 91.2 cm³/mol. The van der Waals surface area contributed by atoms with Gasteiger partial charge in [0, 0.05) is 18.7 Å². The number of hydrogen-bond donors (Lipinski definition) is 3. The minimum Gasteiger partial charge on any atom is -0.494 e. The summed E-state index contributed by atoms with van der Waals surface area (Å²) in [7, 11) is 0. The Labute approximate surface area is 142 Å². The standard InChI is InChI=1S/C17H25N3O4/c1-4-24-14-7-5-13(6-8-14)20-10-12(9-15(20)22)18-16(23)19-17(2,3)11-21/h5-8,12,21H,4,9-11H2,1-3H3,(H2,18,19,23)/t12-/m1/s1. The van der Waals surface area contributed by atoms with Crippen LogP contribution in [0.3, 0.4) is 0 Å². The van der Waals surface area contributed by atoms with Crippen molar-refractivity contribution in [3.63, 3.8) is 0 Å². The van der Waals surface area contributed by atoms with E-state index in [-0.39, 0.29) is 31.0 Å². The Morgan fingerprint density at radius 3 is 2.62 bits per heavy atom. The molecule has 0 radical (unpaired) electrons. The van der Waals surface area contributed by atoms with Gasteiger partial charge < -0.3 is 25.4 Å². The first-order chi connectivity index (χ1) is 11.3. The Hall–Kier alpha value is -2.28. The van der Waals surface area contributed by atoms with Crippen LogP contribution in [0.4, 0.5) is 10.5 Å². The molecule has 7 nitrogen and oxygen atoms in total. The third kappa shape index (κ3) is 4.61. The van der Waals surface area contributed by atoms with Crippen molar-refractivity contribution in [1.29, 1.82) is 0 Å². The molecule has 2 rings (SSSR count). The minimum absolute atomic E-state index is 0.0362. The van der Waals surface area contributed by atoms with Crippen molar-refractivity contribution in [3.8, 4) is 5.75 Å². The van der Waals surface area contributed by atoms with E-state index in [1.807, 2.05) is 31.2 Å². The number of nitrogens with one attached hydrogen (secondary N) is 2. The van der Waals surface area contributed by atoms with Crippen LogP contribution in [0.1, 0.15) is 27.2 Å². The summed E-state index contributed by atoms with van der Waals surface area (Å²) in [5, 5.41) is 14.6. The first kappa shape index (κ1) is 18.1. The van der Waals surface area contributed by atoms with Crippen LogP contribution in [0.2, 0.25) is 0 Å². The number of carbonyl (C=O) groups excluding carboxylic acids is 2. The maximum atomic E-state index is 12.2.